The van der Waals surface area contributed by atoms with Gasteiger partial charge in [0, 0.05) is 50.2 Å². The Balaban J connectivity index is 1.67. The summed E-state index contributed by atoms with van der Waals surface area (Å²) < 4.78 is 24.6. The maximum atomic E-state index is 12.3. The molecule has 2 aromatic rings. The number of hydrogen-bond acceptors (Lipinski definition) is 7. The van der Waals surface area contributed by atoms with Crippen LogP contribution in [0.1, 0.15) is 32.1 Å². The van der Waals surface area contributed by atoms with E-state index in [1.807, 2.05) is 12.1 Å². The van der Waals surface area contributed by atoms with Crippen LogP contribution < -0.4 is 15.5 Å². The SMILES string of the molecule is CS(=O)(=O)c1cc(-c2ccnc(NC3CCCCC3)c2)nc(N2CCNCC2)c1. The summed E-state index contributed by atoms with van der Waals surface area (Å²) in [5, 5.41) is 6.86. The van der Waals surface area contributed by atoms with Gasteiger partial charge < -0.3 is 15.5 Å². The first kappa shape index (κ1) is 20.1. The second kappa shape index (κ2) is 8.67. The minimum Gasteiger partial charge on any atom is -0.367 e. The number of sulfone groups is 1. The molecule has 0 unspecified atom stereocenters. The van der Waals surface area contributed by atoms with Gasteiger partial charge in [-0.05, 0) is 37.1 Å². The van der Waals surface area contributed by atoms with Gasteiger partial charge in [-0.15, -0.1) is 0 Å². The fourth-order valence-electron chi connectivity index (χ4n) is 4.03. The first-order chi connectivity index (χ1) is 14.0. The van der Waals surface area contributed by atoms with Crippen molar-refractivity contribution in [3.8, 4) is 11.3 Å². The summed E-state index contributed by atoms with van der Waals surface area (Å²) in [5.74, 6) is 1.53. The van der Waals surface area contributed by atoms with Crippen molar-refractivity contribution >= 4 is 21.5 Å². The first-order valence-corrected chi connectivity index (χ1v) is 12.3. The van der Waals surface area contributed by atoms with Crippen LogP contribution in [0.4, 0.5) is 11.6 Å². The van der Waals surface area contributed by atoms with Crippen LogP contribution in [0.25, 0.3) is 11.3 Å². The molecule has 0 aromatic carbocycles. The van der Waals surface area contributed by atoms with Crippen molar-refractivity contribution < 1.29 is 8.42 Å². The normalized spacial score (nSPS) is 18.6. The number of nitrogens with zero attached hydrogens (tertiary/aromatic N) is 3. The fraction of sp³-hybridized carbons (Fsp3) is 0.524. The van der Waals surface area contributed by atoms with Gasteiger partial charge in [0.1, 0.15) is 11.6 Å². The Kier molecular flexibility index (Phi) is 6.01. The lowest BCUT2D eigenvalue weighted by molar-refractivity contribution is 0.462. The zero-order chi connectivity index (χ0) is 20.3. The number of anilines is 2. The van der Waals surface area contributed by atoms with Crippen LogP contribution in [-0.4, -0.2) is 56.9 Å². The molecule has 2 fully saturated rings. The summed E-state index contributed by atoms with van der Waals surface area (Å²) in [5.41, 5.74) is 1.54. The Morgan fingerprint density at radius 3 is 2.59 bits per heavy atom. The summed E-state index contributed by atoms with van der Waals surface area (Å²) >= 11 is 0. The highest BCUT2D eigenvalue weighted by molar-refractivity contribution is 7.90. The zero-order valence-corrected chi connectivity index (χ0v) is 17.7. The molecule has 0 amide bonds. The Hall–Kier alpha value is -2.19. The zero-order valence-electron chi connectivity index (χ0n) is 16.9. The minimum absolute atomic E-state index is 0.301. The van der Waals surface area contributed by atoms with Crippen molar-refractivity contribution in [2.24, 2.45) is 0 Å². The fourth-order valence-corrected chi connectivity index (χ4v) is 4.68. The molecule has 2 aromatic heterocycles. The van der Waals surface area contributed by atoms with Gasteiger partial charge >= 0.3 is 0 Å². The van der Waals surface area contributed by atoms with Gasteiger partial charge in [0.05, 0.1) is 10.6 Å². The lowest BCUT2D eigenvalue weighted by Gasteiger charge is -2.29. The number of nitrogens with one attached hydrogen (secondary N) is 2. The van der Waals surface area contributed by atoms with Gasteiger partial charge in [0.2, 0.25) is 0 Å². The molecule has 2 aliphatic rings. The third-order valence-corrected chi connectivity index (χ3v) is 6.76. The smallest absolute Gasteiger partial charge is 0.175 e. The topological polar surface area (TPSA) is 87.2 Å². The molecule has 1 saturated heterocycles. The molecular weight excluding hydrogens is 386 g/mol. The molecule has 4 rings (SSSR count). The van der Waals surface area contributed by atoms with Gasteiger partial charge in [0.15, 0.2) is 9.84 Å². The van der Waals surface area contributed by atoms with E-state index in [-0.39, 0.29) is 0 Å². The minimum atomic E-state index is -3.34. The maximum absolute atomic E-state index is 12.3. The van der Waals surface area contributed by atoms with E-state index >= 15 is 0 Å². The lowest BCUT2D eigenvalue weighted by atomic mass is 9.95. The Morgan fingerprint density at radius 2 is 1.86 bits per heavy atom. The highest BCUT2D eigenvalue weighted by Gasteiger charge is 2.19. The molecule has 0 atom stereocenters. The highest BCUT2D eigenvalue weighted by Crippen LogP contribution is 2.28. The monoisotopic (exact) mass is 415 g/mol. The van der Waals surface area contributed by atoms with Crippen LogP contribution in [0.2, 0.25) is 0 Å². The van der Waals surface area contributed by atoms with Crippen LogP contribution >= 0.6 is 0 Å². The number of pyridine rings is 2. The number of rotatable bonds is 5. The molecule has 0 spiro atoms. The van der Waals surface area contributed by atoms with Crippen LogP contribution in [0.5, 0.6) is 0 Å². The Morgan fingerprint density at radius 1 is 1.10 bits per heavy atom. The van der Waals surface area contributed by atoms with Gasteiger partial charge in [-0.25, -0.2) is 18.4 Å². The molecule has 7 nitrogen and oxygen atoms in total. The standard InChI is InChI=1S/C21H29N5O2S/c1-29(27,28)18-14-19(25-21(15-18)26-11-9-22-10-12-26)16-7-8-23-20(13-16)24-17-5-3-2-4-6-17/h7-8,13-15,17,22H,2-6,9-12H2,1H3,(H,23,24). The summed E-state index contributed by atoms with van der Waals surface area (Å²) in [7, 11) is -3.34. The van der Waals surface area contributed by atoms with E-state index in [2.05, 4.69) is 20.5 Å². The van der Waals surface area contributed by atoms with Crippen LogP contribution in [0.15, 0.2) is 35.4 Å². The van der Waals surface area contributed by atoms with Crippen molar-refractivity contribution in [3.63, 3.8) is 0 Å². The predicted molar refractivity (Wildman–Crippen MR) is 116 cm³/mol. The Bertz CT molecular complexity index is 951. The summed E-state index contributed by atoms with van der Waals surface area (Å²) in [6.07, 6.45) is 9.16. The molecule has 3 heterocycles. The van der Waals surface area contributed by atoms with E-state index in [4.69, 9.17) is 4.98 Å². The molecule has 0 bridgehead atoms. The maximum Gasteiger partial charge on any atom is 0.175 e. The van der Waals surface area contributed by atoms with Crippen LogP contribution in [0, 0.1) is 0 Å². The number of piperazine rings is 1. The molecule has 156 valence electrons. The number of hydrogen-bond donors (Lipinski definition) is 2. The lowest BCUT2D eigenvalue weighted by Crippen LogP contribution is -2.44. The van der Waals surface area contributed by atoms with Gasteiger partial charge in [-0.3, -0.25) is 0 Å². The van der Waals surface area contributed by atoms with Crippen molar-refractivity contribution in [1.29, 1.82) is 0 Å². The second-order valence-corrected chi connectivity index (χ2v) is 9.98. The average Bonchev–Trinajstić information content (AvgIpc) is 2.74. The third-order valence-electron chi connectivity index (χ3n) is 5.67. The first-order valence-electron chi connectivity index (χ1n) is 10.4. The van der Waals surface area contributed by atoms with E-state index in [0.29, 0.717) is 22.4 Å². The van der Waals surface area contributed by atoms with Crippen LogP contribution in [-0.2, 0) is 9.84 Å². The Labute approximate surface area is 172 Å². The second-order valence-electron chi connectivity index (χ2n) is 7.96. The van der Waals surface area contributed by atoms with Gasteiger partial charge in [-0.2, -0.15) is 0 Å². The summed E-state index contributed by atoms with van der Waals surface area (Å²) in [6, 6.07) is 7.68. The molecule has 2 N–H and O–H groups in total. The quantitative estimate of drug-likeness (QED) is 0.776. The number of aromatic nitrogens is 2. The van der Waals surface area contributed by atoms with Crippen molar-refractivity contribution in [2.45, 2.75) is 43.0 Å². The third kappa shape index (κ3) is 5.05. The molecule has 1 aliphatic heterocycles. The van der Waals surface area contributed by atoms with E-state index in [1.54, 1.807) is 18.3 Å². The van der Waals surface area contributed by atoms with Crippen molar-refractivity contribution in [2.75, 3.05) is 42.7 Å². The van der Waals surface area contributed by atoms with E-state index in [1.165, 1.54) is 38.4 Å². The molecule has 1 aliphatic carbocycles. The molecular formula is C21H29N5O2S. The largest absolute Gasteiger partial charge is 0.367 e. The molecule has 29 heavy (non-hydrogen) atoms. The van der Waals surface area contributed by atoms with Crippen molar-refractivity contribution in [1.82, 2.24) is 15.3 Å². The van der Waals surface area contributed by atoms with E-state index in [9.17, 15) is 8.42 Å². The summed E-state index contributed by atoms with van der Waals surface area (Å²) in [4.78, 5) is 11.7. The highest BCUT2D eigenvalue weighted by atomic mass is 32.2. The predicted octanol–water partition coefficient (Wildman–Crippen LogP) is 2.70. The summed E-state index contributed by atoms with van der Waals surface area (Å²) in [6.45, 7) is 3.35. The molecule has 1 saturated carbocycles. The van der Waals surface area contributed by atoms with Crippen LogP contribution in [0.3, 0.4) is 0 Å². The molecule has 0 radical (unpaired) electrons. The van der Waals surface area contributed by atoms with Gasteiger partial charge in [-0.1, -0.05) is 19.3 Å². The van der Waals surface area contributed by atoms with Gasteiger partial charge in [0.25, 0.3) is 0 Å². The molecule has 8 heteroatoms. The van der Waals surface area contributed by atoms with E-state index < -0.39 is 9.84 Å². The average molecular weight is 416 g/mol. The van der Waals surface area contributed by atoms with Crippen molar-refractivity contribution in [3.05, 3.63) is 30.5 Å². The van der Waals surface area contributed by atoms with E-state index in [0.717, 1.165) is 37.6 Å².